The van der Waals surface area contributed by atoms with E-state index >= 15 is 0 Å². The Labute approximate surface area is 166 Å². The van der Waals surface area contributed by atoms with Crippen LogP contribution in [-0.2, 0) is 22.6 Å². The molecule has 2 saturated heterocycles. The van der Waals surface area contributed by atoms with Crippen molar-refractivity contribution in [2.45, 2.75) is 40.3 Å². The van der Waals surface area contributed by atoms with Crippen molar-refractivity contribution in [1.82, 2.24) is 15.0 Å². The first kappa shape index (κ1) is 19.2. The summed E-state index contributed by atoms with van der Waals surface area (Å²) in [5.41, 5.74) is 4.40. The predicted molar refractivity (Wildman–Crippen MR) is 106 cm³/mol. The van der Waals surface area contributed by atoms with Crippen LogP contribution in [0, 0.1) is 26.2 Å². The quantitative estimate of drug-likeness (QED) is 0.813. The van der Waals surface area contributed by atoms with Crippen LogP contribution in [0.4, 0.5) is 0 Å². The Balaban J connectivity index is 1.49. The first-order valence-electron chi connectivity index (χ1n) is 10.00. The van der Waals surface area contributed by atoms with Gasteiger partial charge in [0.1, 0.15) is 5.76 Å². The van der Waals surface area contributed by atoms with Crippen molar-refractivity contribution in [3.63, 3.8) is 0 Å². The Hall–Kier alpha value is -2.18. The van der Waals surface area contributed by atoms with E-state index in [0.717, 1.165) is 43.2 Å². The molecule has 1 aromatic heterocycles. The summed E-state index contributed by atoms with van der Waals surface area (Å²) in [5, 5.41) is 4.02. The summed E-state index contributed by atoms with van der Waals surface area (Å²) < 4.78 is 11.2. The Morgan fingerprint density at radius 1 is 1.14 bits per heavy atom. The molecule has 1 amide bonds. The van der Waals surface area contributed by atoms with Gasteiger partial charge in [0.2, 0.25) is 5.91 Å². The number of likely N-dealkylation sites (tertiary alicyclic amines) is 1. The summed E-state index contributed by atoms with van der Waals surface area (Å²) in [6.07, 6.45) is 0.542. The molecule has 2 fully saturated rings. The summed E-state index contributed by atoms with van der Waals surface area (Å²) in [5.74, 6) is 0.992. The average Bonchev–Trinajstić information content (AvgIpc) is 3.05. The van der Waals surface area contributed by atoms with E-state index in [1.807, 2.05) is 18.7 Å². The van der Waals surface area contributed by atoms with Crippen molar-refractivity contribution >= 4 is 5.91 Å². The van der Waals surface area contributed by atoms with Crippen LogP contribution in [0.1, 0.15) is 34.6 Å². The maximum absolute atomic E-state index is 12.8. The second-order valence-corrected chi connectivity index (χ2v) is 8.42. The van der Waals surface area contributed by atoms with E-state index in [4.69, 9.17) is 9.26 Å². The lowest BCUT2D eigenvalue weighted by Gasteiger charge is -2.31. The summed E-state index contributed by atoms with van der Waals surface area (Å²) in [7, 11) is 0. The number of benzene rings is 1. The van der Waals surface area contributed by atoms with Crippen molar-refractivity contribution in [2.24, 2.45) is 5.41 Å². The van der Waals surface area contributed by atoms with Gasteiger partial charge in [-0.05, 0) is 31.9 Å². The zero-order valence-corrected chi connectivity index (χ0v) is 17.0. The van der Waals surface area contributed by atoms with Crippen molar-refractivity contribution < 1.29 is 14.1 Å². The fourth-order valence-corrected chi connectivity index (χ4v) is 4.49. The molecule has 28 heavy (non-hydrogen) atoms. The fraction of sp³-hybridized carbons (Fsp3) is 0.545. The predicted octanol–water partition coefficient (Wildman–Crippen LogP) is 2.85. The first-order chi connectivity index (χ1) is 13.5. The van der Waals surface area contributed by atoms with Gasteiger partial charge in [0.25, 0.3) is 0 Å². The van der Waals surface area contributed by atoms with Crippen LogP contribution in [0.15, 0.2) is 28.8 Å². The number of hydrogen-bond acceptors (Lipinski definition) is 5. The molecule has 0 aliphatic carbocycles. The molecule has 3 heterocycles. The number of aryl methyl sites for hydroxylation is 3. The van der Waals surface area contributed by atoms with Crippen LogP contribution in [-0.4, -0.2) is 53.7 Å². The molecule has 2 aliphatic heterocycles. The van der Waals surface area contributed by atoms with Gasteiger partial charge in [0, 0.05) is 43.6 Å². The number of hydrogen-bond donors (Lipinski definition) is 0. The molecule has 2 aromatic rings. The normalized spacial score (nSPS) is 23.5. The van der Waals surface area contributed by atoms with E-state index in [1.54, 1.807) is 0 Å². The van der Waals surface area contributed by atoms with Gasteiger partial charge < -0.3 is 14.2 Å². The van der Waals surface area contributed by atoms with Crippen LogP contribution >= 0.6 is 0 Å². The molecular weight excluding hydrogens is 354 g/mol. The SMILES string of the molecule is Cc1ccccc1CN1CCOCC2(CC(=O)N(Cc3c(C)noc3C)C2)C1. The molecule has 6 heteroatoms. The lowest BCUT2D eigenvalue weighted by molar-refractivity contribution is -0.128. The Morgan fingerprint density at radius 2 is 1.96 bits per heavy atom. The van der Waals surface area contributed by atoms with E-state index in [9.17, 15) is 4.79 Å². The lowest BCUT2D eigenvalue weighted by atomic mass is 9.87. The average molecular weight is 383 g/mol. The number of ether oxygens (including phenoxy) is 1. The first-order valence-corrected chi connectivity index (χ1v) is 10.00. The standard InChI is InChI=1S/C22H29N3O3/c1-16-6-4-5-7-19(16)11-24-8-9-27-15-22(13-24)10-21(26)25(14-22)12-20-17(2)23-28-18(20)3/h4-7H,8-15H2,1-3H3. The monoisotopic (exact) mass is 383 g/mol. The molecule has 150 valence electrons. The fourth-order valence-electron chi connectivity index (χ4n) is 4.49. The number of nitrogens with zero attached hydrogens (tertiary/aromatic N) is 3. The highest BCUT2D eigenvalue weighted by atomic mass is 16.5. The van der Waals surface area contributed by atoms with Crippen LogP contribution < -0.4 is 0 Å². The van der Waals surface area contributed by atoms with Gasteiger partial charge in [-0.15, -0.1) is 0 Å². The summed E-state index contributed by atoms with van der Waals surface area (Å²) in [4.78, 5) is 17.2. The molecular formula is C22H29N3O3. The van der Waals surface area contributed by atoms with Gasteiger partial charge in [-0.1, -0.05) is 29.4 Å². The molecule has 1 spiro atoms. The third-order valence-corrected chi connectivity index (χ3v) is 6.11. The van der Waals surface area contributed by atoms with Crippen molar-refractivity contribution in [2.75, 3.05) is 32.8 Å². The lowest BCUT2D eigenvalue weighted by Crippen LogP contribution is -2.40. The summed E-state index contributed by atoms with van der Waals surface area (Å²) in [6.45, 7) is 11.3. The Bertz CT molecular complexity index is 843. The zero-order chi connectivity index (χ0) is 19.7. The number of carbonyl (C=O) groups excluding carboxylic acids is 1. The van der Waals surface area contributed by atoms with E-state index in [1.165, 1.54) is 11.1 Å². The molecule has 0 saturated carbocycles. The molecule has 1 unspecified atom stereocenters. The molecule has 4 rings (SSSR count). The molecule has 0 N–H and O–H groups in total. The van der Waals surface area contributed by atoms with E-state index in [0.29, 0.717) is 26.2 Å². The largest absolute Gasteiger partial charge is 0.379 e. The third kappa shape index (κ3) is 3.84. The number of aromatic nitrogens is 1. The maximum Gasteiger partial charge on any atom is 0.223 e. The Morgan fingerprint density at radius 3 is 2.71 bits per heavy atom. The maximum atomic E-state index is 12.8. The number of amides is 1. The third-order valence-electron chi connectivity index (χ3n) is 6.11. The van der Waals surface area contributed by atoms with Gasteiger partial charge in [-0.25, -0.2) is 0 Å². The highest BCUT2D eigenvalue weighted by Gasteiger charge is 2.45. The van der Waals surface area contributed by atoms with Gasteiger partial charge in [-0.3, -0.25) is 9.69 Å². The summed E-state index contributed by atoms with van der Waals surface area (Å²) >= 11 is 0. The van der Waals surface area contributed by atoms with Gasteiger partial charge in [0.05, 0.1) is 25.5 Å². The Kier molecular flexibility index (Phi) is 5.25. The van der Waals surface area contributed by atoms with Crippen molar-refractivity contribution in [1.29, 1.82) is 0 Å². The van der Waals surface area contributed by atoms with E-state index in [-0.39, 0.29) is 11.3 Å². The van der Waals surface area contributed by atoms with Gasteiger partial charge >= 0.3 is 0 Å². The smallest absolute Gasteiger partial charge is 0.223 e. The van der Waals surface area contributed by atoms with Crippen molar-refractivity contribution in [3.8, 4) is 0 Å². The number of carbonyl (C=O) groups is 1. The second-order valence-electron chi connectivity index (χ2n) is 8.42. The highest BCUT2D eigenvalue weighted by Crippen LogP contribution is 2.36. The van der Waals surface area contributed by atoms with Crippen LogP contribution in [0.2, 0.25) is 0 Å². The van der Waals surface area contributed by atoms with Crippen LogP contribution in [0.5, 0.6) is 0 Å². The van der Waals surface area contributed by atoms with E-state index < -0.39 is 0 Å². The molecule has 1 aromatic carbocycles. The molecule has 2 aliphatic rings. The molecule has 1 atom stereocenters. The minimum absolute atomic E-state index is 0.144. The highest BCUT2D eigenvalue weighted by molar-refractivity contribution is 5.79. The summed E-state index contributed by atoms with van der Waals surface area (Å²) in [6, 6.07) is 8.52. The van der Waals surface area contributed by atoms with Crippen molar-refractivity contribution in [3.05, 3.63) is 52.4 Å². The second kappa shape index (κ2) is 7.68. The van der Waals surface area contributed by atoms with Crippen LogP contribution in [0.25, 0.3) is 0 Å². The molecule has 0 radical (unpaired) electrons. The minimum atomic E-state index is -0.144. The zero-order valence-electron chi connectivity index (χ0n) is 17.0. The topological polar surface area (TPSA) is 58.8 Å². The number of rotatable bonds is 4. The van der Waals surface area contributed by atoms with E-state index in [2.05, 4.69) is 41.2 Å². The van der Waals surface area contributed by atoms with Gasteiger partial charge in [0.15, 0.2) is 0 Å². The van der Waals surface area contributed by atoms with Crippen LogP contribution in [0.3, 0.4) is 0 Å². The molecule has 0 bridgehead atoms. The van der Waals surface area contributed by atoms with Gasteiger partial charge in [-0.2, -0.15) is 0 Å². The molecule has 6 nitrogen and oxygen atoms in total. The minimum Gasteiger partial charge on any atom is -0.379 e.